The number of rotatable bonds is 4. The molecule has 1 aliphatic carbocycles. The molecule has 2 unspecified atom stereocenters. The van der Waals surface area contributed by atoms with E-state index >= 15 is 0 Å². The summed E-state index contributed by atoms with van der Waals surface area (Å²) in [6.45, 7) is 0.654. The van der Waals surface area contributed by atoms with Crippen LogP contribution in [0.15, 0.2) is 24.3 Å². The number of nitrogens with two attached hydrogens (primary N) is 1. The van der Waals surface area contributed by atoms with E-state index in [-0.39, 0.29) is 17.8 Å². The Morgan fingerprint density at radius 2 is 1.95 bits per heavy atom. The first-order chi connectivity index (χ1) is 9.15. The van der Waals surface area contributed by atoms with E-state index in [1.165, 1.54) is 25.0 Å². The Hall–Kier alpha value is -1.42. The highest BCUT2D eigenvalue weighted by Crippen LogP contribution is 2.22. The van der Waals surface area contributed by atoms with Crippen molar-refractivity contribution in [2.75, 3.05) is 6.54 Å². The number of benzene rings is 1. The molecule has 0 spiro atoms. The molecule has 0 heterocycles. The Morgan fingerprint density at radius 3 is 2.63 bits per heavy atom. The zero-order valence-corrected chi connectivity index (χ0v) is 11.1. The summed E-state index contributed by atoms with van der Waals surface area (Å²) >= 11 is 0. The maximum absolute atomic E-state index is 12.7. The van der Waals surface area contributed by atoms with Gasteiger partial charge in [-0.3, -0.25) is 4.79 Å². The SMILES string of the molecule is NC1CCCCC1CNC(=O)Cc1ccc(F)cc1. The molecular formula is C15H21FN2O. The number of nitrogens with one attached hydrogen (secondary N) is 1. The highest BCUT2D eigenvalue weighted by Gasteiger charge is 2.21. The van der Waals surface area contributed by atoms with Crippen molar-refractivity contribution in [1.82, 2.24) is 5.32 Å². The first kappa shape index (κ1) is 14.0. The molecule has 2 atom stereocenters. The van der Waals surface area contributed by atoms with Crippen LogP contribution in [0.3, 0.4) is 0 Å². The summed E-state index contributed by atoms with van der Waals surface area (Å²) in [4.78, 5) is 11.8. The molecule has 104 valence electrons. The van der Waals surface area contributed by atoms with Crippen LogP contribution in [0.1, 0.15) is 31.2 Å². The standard InChI is InChI=1S/C15H21FN2O/c16-13-7-5-11(6-8-13)9-15(19)18-10-12-3-1-2-4-14(12)17/h5-8,12,14H,1-4,9-10,17H2,(H,18,19). The molecule has 1 amide bonds. The molecule has 1 fully saturated rings. The maximum atomic E-state index is 12.7. The molecule has 0 saturated heterocycles. The van der Waals surface area contributed by atoms with E-state index in [1.54, 1.807) is 12.1 Å². The van der Waals surface area contributed by atoms with Gasteiger partial charge in [-0.1, -0.05) is 25.0 Å². The summed E-state index contributed by atoms with van der Waals surface area (Å²) in [6.07, 6.45) is 4.84. The Kier molecular flexibility index (Phi) is 4.91. The minimum absolute atomic E-state index is 0.0237. The van der Waals surface area contributed by atoms with Gasteiger partial charge in [0.25, 0.3) is 0 Å². The second kappa shape index (κ2) is 6.66. The summed E-state index contributed by atoms with van der Waals surface area (Å²) in [5, 5.41) is 2.93. The van der Waals surface area contributed by atoms with E-state index in [0.29, 0.717) is 18.9 Å². The fourth-order valence-electron chi connectivity index (χ4n) is 2.58. The lowest BCUT2D eigenvalue weighted by Crippen LogP contribution is -2.41. The first-order valence-corrected chi connectivity index (χ1v) is 6.92. The van der Waals surface area contributed by atoms with Crippen LogP contribution in [0.5, 0.6) is 0 Å². The molecule has 19 heavy (non-hydrogen) atoms. The lowest BCUT2D eigenvalue weighted by atomic mass is 9.85. The second-order valence-corrected chi connectivity index (χ2v) is 5.32. The molecule has 4 heteroatoms. The predicted octanol–water partition coefficient (Wildman–Crippen LogP) is 2.00. The zero-order valence-electron chi connectivity index (χ0n) is 11.1. The van der Waals surface area contributed by atoms with Crippen LogP contribution >= 0.6 is 0 Å². The third kappa shape index (κ3) is 4.31. The van der Waals surface area contributed by atoms with Gasteiger partial charge >= 0.3 is 0 Å². The van der Waals surface area contributed by atoms with E-state index in [2.05, 4.69) is 5.32 Å². The van der Waals surface area contributed by atoms with Crippen LogP contribution in [0, 0.1) is 11.7 Å². The van der Waals surface area contributed by atoms with Crippen molar-refractivity contribution in [3.63, 3.8) is 0 Å². The highest BCUT2D eigenvalue weighted by molar-refractivity contribution is 5.78. The monoisotopic (exact) mass is 264 g/mol. The van der Waals surface area contributed by atoms with E-state index in [9.17, 15) is 9.18 Å². The second-order valence-electron chi connectivity index (χ2n) is 5.32. The number of hydrogen-bond donors (Lipinski definition) is 2. The first-order valence-electron chi connectivity index (χ1n) is 6.92. The summed E-state index contributed by atoms with van der Waals surface area (Å²) in [7, 11) is 0. The van der Waals surface area contributed by atoms with Crippen molar-refractivity contribution < 1.29 is 9.18 Å². The summed E-state index contributed by atoms with van der Waals surface area (Å²) in [5.41, 5.74) is 6.87. The smallest absolute Gasteiger partial charge is 0.224 e. The zero-order chi connectivity index (χ0) is 13.7. The van der Waals surface area contributed by atoms with Crippen molar-refractivity contribution in [3.8, 4) is 0 Å². The molecule has 0 radical (unpaired) electrons. The Balaban J connectivity index is 1.76. The molecule has 3 N–H and O–H groups in total. The van der Waals surface area contributed by atoms with Crippen LogP contribution in [0.25, 0.3) is 0 Å². The van der Waals surface area contributed by atoms with Gasteiger partial charge in [-0.2, -0.15) is 0 Å². The molecule has 1 aliphatic rings. The van der Waals surface area contributed by atoms with Gasteiger partial charge in [-0.05, 0) is 36.5 Å². The summed E-state index contributed by atoms with van der Waals surface area (Å²) < 4.78 is 12.7. The fraction of sp³-hybridized carbons (Fsp3) is 0.533. The van der Waals surface area contributed by atoms with E-state index in [1.807, 2.05) is 0 Å². The predicted molar refractivity (Wildman–Crippen MR) is 73.0 cm³/mol. The molecule has 0 aromatic heterocycles. The number of hydrogen-bond acceptors (Lipinski definition) is 2. The molecule has 1 saturated carbocycles. The molecular weight excluding hydrogens is 243 g/mol. The fourth-order valence-corrected chi connectivity index (χ4v) is 2.58. The van der Waals surface area contributed by atoms with Crippen molar-refractivity contribution in [3.05, 3.63) is 35.6 Å². The summed E-state index contributed by atoms with van der Waals surface area (Å²) in [6, 6.07) is 6.24. The molecule has 1 aromatic carbocycles. The Bertz CT molecular complexity index is 419. The lowest BCUT2D eigenvalue weighted by Gasteiger charge is -2.28. The van der Waals surface area contributed by atoms with Crippen molar-refractivity contribution in [1.29, 1.82) is 0 Å². The average molecular weight is 264 g/mol. The minimum atomic E-state index is -0.280. The molecule has 0 aliphatic heterocycles. The molecule has 0 bridgehead atoms. The highest BCUT2D eigenvalue weighted by atomic mass is 19.1. The molecule has 3 nitrogen and oxygen atoms in total. The number of carbonyl (C=O) groups excluding carboxylic acids is 1. The Labute approximate surface area is 113 Å². The van der Waals surface area contributed by atoms with Gasteiger partial charge in [-0.25, -0.2) is 4.39 Å². The van der Waals surface area contributed by atoms with Crippen molar-refractivity contribution in [2.24, 2.45) is 11.7 Å². The van der Waals surface area contributed by atoms with E-state index in [0.717, 1.165) is 18.4 Å². The topological polar surface area (TPSA) is 55.1 Å². The van der Waals surface area contributed by atoms with Crippen LogP contribution in [0.4, 0.5) is 4.39 Å². The van der Waals surface area contributed by atoms with Crippen LogP contribution in [-0.4, -0.2) is 18.5 Å². The quantitative estimate of drug-likeness (QED) is 0.874. The van der Waals surface area contributed by atoms with Gasteiger partial charge in [0.2, 0.25) is 5.91 Å². The van der Waals surface area contributed by atoms with Crippen LogP contribution in [0.2, 0.25) is 0 Å². The third-order valence-electron chi connectivity index (χ3n) is 3.81. The number of carbonyl (C=O) groups is 1. The normalized spacial score (nSPS) is 23.1. The van der Waals surface area contributed by atoms with Gasteiger partial charge in [0.15, 0.2) is 0 Å². The van der Waals surface area contributed by atoms with Gasteiger partial charge < -0.3 is 11.1 Å². The lowest BCUT2D eigenvalue weighted by molar-refractivity contribution is -0.120. The van der Waals surface area contributed by atoms with E-state index in [4.69, 9.17) is 5.73 Å². The largest absolute Gasteiger partial charge is 0.355 e. The maximum Gasteiger partial charge on any atom is 0.224 e. The molecule has 2 rings (SSSR count). The van der Waals surface area contributed by atoms with Crippen LogP contribution < -0.4 is 11.1 Å². The summed E-state index contributed by atoms with van der Waals surface area (Å²) in [5.74, 6) is 0.0904. The Morgan fingerprint density at radius 1 is 1.26 bits per heavy atom. The van der Waals surface area contributed by atoms with Crippen molar-refractivity contribution in [2.45, 2.75) is 38.1 Å². The van der Waals surface area contributed by atoms with Crippen LogP contribution in [-0.2, 0) is 11.2 Å². The van der Waals surface area contributed by atoms with Gasteiger partial charge in [0.1, 0.15) is 5.82 Å². The number of halogens is 1. The third-order valence-corrected chi connectivity index (χ3v) is 3.81. The van der Waals surface area contributed by atoms with E-state index < -0.39 is 0 Å². The average Bonchev–Trinajstić information content (AvgIpc) is 2.40. The molecule has 1 aromatic rings. The van der Waals surface area contributed by atoms with Crippen molar-refractivity contribution >= 4 is 5.91 Å². The minimum Gasteiger partial charge on any atom is -0.355 e. The number of amides is 1. The van der Waals surface area contributed by atoms with Gasteiger partial charge in [0.05, 0.1) is 6.42 Å². The van der Waals surface area contributed by atoms with Gasteiger partial charge in [-0.15, -0.1) is 0 Å². The van der Waals surface area contributed by atoms with Gasteiger partial charge in [0, 0.05) is 12.6 Å².